The Morgan fingerprint density at radius 2 is 1.68 bits per heavy atom. The number of unbranched alkanes of at least 4 members (excludes halogenated alkanes) is 7. The summed E-state index contributed by atoms with van der Waals surface area (Å²) in [5.74, 6) is -0.0393. The van der Waals surface area contributed by atoms with Crippen molar-refractivity contribution < 1.29 is 23.9 Å². The van der Waals surface area contributed by atoms with Crippen LogP contribution in [0.5, 0.6) is 5.75 Å². The molecule has 1 saturated heterocycles. The van der Waals surface area contributed by atoms with E-state index in [2.05, 4.69) is 26.1 Å². The predicted molar refractivity (Wildman–Crippen MR) is 147 cm³/mol. The summed E-state index contributed by atoms with van der Waals surface area (Å²) in [7, 11) is 0. The number of esters is 1. The number of hydrogen-bond donors (Lipinski definition) is 1. The second-order valence-electron chi connectivity index (χ2n) is 10.1. The molecule has 0 radical (unpaired) electrons. The first-order chi connectivity index (χ1) is 17.9. The van der Waals surface area contributed by atoms with E-state index in [0.29, 0.717) is 37.8 Å². The van der Waals surface area contributed by atoms with E-state index < -0.39 is 18.1 Å². The van der Waals surface area contributed by atoms with Crippen molar-refractivity contribution in [3.63, 3.8) is 0 Å². The van der Waals surface area contributed by atoms with Crippen molar-refractivity contribution in [2.75, 3.05) is 19.7 Å². The number of carbonyl (C=O) groups is 3. The number of rotatable bonds is 17. The molecule has 0 aromatic heterocycles. The van der Waals surface area contributed by atoms with E-state index in [1.807, 2.05) is 31.2 Å². The topological polar surface area (TPSA) is 84.9 Å². The Hall–Kier alpha value is -2.57. The first kappa shape index (κ1) is 30.7. The van der Waals surface area contributed by atoms with Gasteiger partial charge in [-0.1, -0.05) is 90.8 Å². The third-order valence-electron chi connectivity index (χ3n) is 7.21. The molecule has 1 aliphatic rings. The van der Waals surface area contributed by atoms with Crippen LogP contribution < -0.4 is 10.1 Å². The average Bonchev–Trinajstić information content (AvgIpc) is 2.91. The zero-order chi connectivity index (χ0) is 27.0. The highest BCUT2D eigenvalue weighted by Gasteiger charge is 2.38. The second kappa shape index (κ2) is 17.0. The van der Waals surface area contributed by atoms with Crippen LogP contribution in [-0.4, -0.2) is 54.5 Å². The molecule has 1 aliphatic heterocycles. The molecule has 0 bridgehead atoms. The van der Waals surface area contributed by atoms with Crippen molar-refractivity contribution in [3.8, 4) is 5.75 Å². The van der Waals surface area contributed by atoms with Crippen LogP contribution >= 0.6 is 0 Å². The second-order valence-corrected chi connectivity index (χ2v) is 10.1. The molecule has 1 aromatic rings. The van der Waals surface area contributed by atoms with Crippen LogP contribution in [0.4, 0.5) is 0 Å². The molecule has 3 unspecified atom stereocenters. The molecule has 2 rings (SSSR count). The molecule has 1 fully saturated rings. The minimum atomic E-state index is -0.880. The number of hydrogen-bond acceptors (Lipinski definition) is 5. The van der Waals surface area contributed by atoms with Crippen LogP contribution in [0.15, 0.2) is 24.3 Å². The fourth-order valence-corrected chi connectivity index (χ4v) is 4.68. The summed E-state index contributed by atoms with van der Waals surface area (Å²) in [5.41, 5.74) is 1.06. The largest absolute Gasteiger partial charge is 0.480 e. The monoisotopic (exact) mass is 516 g/mol. The van der Waals surface area contributed by atoms with E-state index in [1.165, 1.54) is 37.0 Å². The summed E-state index contributed by atoms with van der Waals surface area (Å²) in [5, 5.41) is 2.78. The fraction of sp³-hybridized carbons (Fsp3) is 0.700. The summed E-state index contributed by atoms with van der Waals surface area (Å²) in [6, 6.07) is 6.91. The van der Waals surface area contributed by atoms with Crippen molar-refractivity contribution in [2.24, 2.45) is 0 Å². The van der Waals surface area contributed by atoms with Gasteiger partial charge in [-0.2, -0.15) is 0 Å². The molecular formula is C30H48N2O5. The van der Waals surface area contributed by atoms with Crippen molar-refractivity contribution in [1.29, 1.82) is 0 Å². The Morgan fingerprint density at radius 3 is 2.35 bits per heavy atom. The summed E-state index contributed by atoms with van der Waals surface area (Å²) in [4.78, 5) is 40.2. The Labute approximate surface area is 223 Å². The third kappa shape index (κ3) is 10.0. The van der Waals surface area contributed by atoms with Gasteiger partial charge in [-0.25, -0.2) is 0 Å². The summed E-state index contributed by atoms with van der Waals surface area (Å²) < 4.78 is 11.6. The standard InChI is InChI=1S/C30H48N2O5/c1-5-8-9-10-11-12-13-16-21-36-28(33)22-25-29(34)31-19-20-32(25)30(35)26(7-3)37-27-18-15-14-17-24(27)23(4)6-2/h14-15,17-18,23,25-26H,5-13,16,19-22H2,1-4H3,(H,31,34). The van der Waals surface area contributed by atoms with Crippen molar-refractivity contribution in [1.82, 2.24) is 10.2 Å². The third-order valence-corrected chi connectivity index (χ3v) is 7.21. The summed E-state index contributed by atoms with van der Waals surface area (Å²) in [6.07, 6.45) is 9.85. The lowest BCUT2D eigenvalue weighted by molar-refractivity contribution is -0.154. The lowest BCUT2D eigenvalue weighted by Crippen LogP contribution is -2.60. The normalized spacial score (nSPS) is 17.1. The Morgan fingerprint density at radius 1 is 1.00 bits per heavy atom. The molecule has 1 N–H and O–H groups in total. The molecule has 37 heavy (non-hydrogen) atoms. The fourth-order valence-electron chi connectivity index (χ4n) is 4.68. The highest BCUT2D eigenvalue weighted by atomic mass is 16.5. The van der Waals surface area contributed by atoms with Gasteiger partial charge in [0.15, 0.2) is 6.10 Å². The van der Waals surface area contributed by atoms with E-state index in [9.17, 15) is 14.4 Å². The molecular weight excluding hydrogens is 468 g/mol. The zero-order valence-corrected chi connectivity index (χ0v) is 23.4. The number of nitrogens with one attached hydrogen (secondary N) is 1. The zero-order valence-electron chi connectivity index (χ0n) is 23.4. The summed E-state index contributed by atoms with van der Waals surface area (Å²) >= 11 is 0. The molecule has 0 spiro atoms. The maximum absolute atomic E-state index is 13.5. The number of carbonyl (C=O) groups excluding carboxylic acids is 3. The lowest BCUT2D eigenvalue weighted by atomic mass is 9.97. The van der Waals surface area contributed by atoms with E-state index in [-0.39, 0.29) is 18.2 Å². The van der Waals surface area contributed by atoms with Gasteiger partial charge in [0, 0.05) is 13.1 Å². The van der Waals surface area contributed by atoms with Gasteiger partial charge in [0.2, 0.25) is 5.91 Å². The van der Waals surface area contributed by atoms with Crippen molar-refractivity contribution >= 4 is 17.8 Å². The van der Waals surface area contributed by atoms with E-state index in [1.54, 1.807) is 0 Å². The molecule has 1 aromatic carbocycles. The highest BCUT2D eigenvalue weighted by Crippen LogP contribution is 2.30. The lowest BCUT2D eigenvalue weighted by Gasteiger charge is -2.36. The van der Waals surface area contributed by atoms with Crippen LogP contribution in [0.25, 0.3) is 0 Å². The van der Waals surface area contributed by atoms with Gasteiger partial charge < -0.3 is 19.7 Å². The van der Waals surface area contributed by atoms with Gasteiger partial charge in [0.05, 0.1) is 13.0 Å². The molecule has 208 valence electrons. The van der Waals surface area contributed by atoms with Gasteiger partial charge in [0.25, 0.3) is 5.91 Å². The van der Waals surface area contributed by atoms with E-state index >= 15 is 0 Å². The van der Waals surface area contributed by atoms with Gasteiger partial charge in [0.1, 0.15) is 11.8 Å². The molecule has 1 heterocycles. The molecule has 7 heteroatoms. The minimum Gasteiger partial charge on any atom is -0.480 e. The minimum absolute atomic E-state index is 0.144. The van der Waals surface area contributed by atoms with Gasteiger partial charge in [-0.15, -0.1) is 0 Å². The number of amides is 2. The maximum atomic E-state index is 13.5. The maximum Gasteiger partial charge on any atom is 0.308 e. The first-order valence-electron chi connectivity index (χ1n) is 14.4. The number of para-hydroxylation sites is 1. The Kier molecular flexibility index (Phi) is 14.1. The quantitative estimate of drug-likeness (QED) is 0.210. The number of piperazine rings is 1. The molecule has 0 saturated carbocycles. The molecule has 7 nitrogen and oxygen atoms in total. The van der Waals surface area contributed by atoms with Crippen LogP contribution in [0, 0.1) is 0 Å². The summed E-state index contributed by atoms with van der Waals surface area (Å²) in [6.45, 7) is 9.41. The number of nitrogens with zero attached hydrogens (tertiary/aromatic N) is 1. The van der Waals surface area contributed by atoms with Crippen LogP contribution in [0.1, 0.15) is 110 Å². The van der Waals surface area contributed by atoms with Crippen molar-refractivity contribution in [2.45, 2.75) is 116 Å². The van der Waals surface area contributed by atoms with Gasteiger partial charge in [-0.05, 0) is 36.8 Å². The van der Waals surface area contributed by atoms with Crippen molar-refractivity contribution in [3.05, 3.63) is 29.8 Å². The van der Waals surface area contributed by atoms with Crippen LogP contribution in [-0.2, 0) is 19.1 Å². The average molecular weight is 517 g/mol. The van der Waals surface area contributed by atoms with E-state index in [4.69, 9.17) is 9.47 Å². The Bertz CT molecular complexity index is 843. The van der Waals surface area contributed by atoms with Gasteiger partial charge >= 0.3 is 5.97 Å². The predicted octanol–water partition coefficient (Wildman–Crippen LogP) is 5.76. The smallest absolute Gasteiger partial charge is 0.308 e. The van der Waals surface area contributed by atoms with E-state index in [0.717, 1.165) is 31.2 Å². The SMILES string of the molecule is CCCCCCCCCCOC(=O)CC1C(=O)NCCN1C(=O)C(CC)Oc1ccccc1C(C)CC. The molecule has 0 aliphatic carbocycles. The molecule has 3 atom stereocenters. The van der Waals surface area contributed by atoms with Crippen LogP contribution in [0.3, 0.4) is 0 Å². The number of benzene rings is 1. The first-order valence-corrected chi connectivity index (χ1v) is 14.4. The Balaban J connectivity index is 1.91. The van der Waals surface area contributed by atoms with Crippen LogP contribution in [0.2, 0.25) is 0 Å². The highest BCUT2D eigenvalue weighted by molar-refractivity contribution is 5.93. The van der Waals surface area contributed by atoms with Gasteiger partial charge in [-0.3, -0.25) is 14.4 Å². The molecule has 2 amide bonds. The number of ether oxygens (including phenoxy) is 2.